The van der Waals surface area contributed by atoms with E-state index in [-0.39, 0.29) is 11.8 Å². The maximum Gasteiger partial charge on any atom is 0.329 e. The first-order chi connectivity index (χ1) is 14.8. The molecule has 1 heterocycles. The molecule has 0 bridgehead atoms. The van der Waals surface area contributed by atoms with Gasteiger partial charge in [-0.3, -0.25) is 9.59 Å². The van der Waals surface area contributed by atoms with Gasteiger partial charge >= 0.3 is 6.03 Å². The van der Waals surface area contributed by atoms with Crippen molar-refractivity contribution >= 4 is 29.6 Å². The highest BCUT2D eigenvalue weighted by Gasteiger charge is 2.35. The Morgan fingerprint density at radius 2 is 1.90 bits per heavy atom. The number of imide groups is 1. The third-order valence-electron chi connectivity index (χ3n) is 4.27. The summed E-state index contributed by atoms with van der Waals surface area (Å²) >= 11 is 0. The average molecular weight is 427 g/mol. The summed E-state index contributed by atoms with van der Waals surface area (Å²) in [4.78, 5) is 38.0. The van der Waals surface area contributed by atoms with Gasteiger partial charge in [0.2, 0.25) is 5.91 Å². The fraction of sp³-hybridized carbons (Fsp3) is 0.227. The summed E-state index contributed by atoms with van der Waals surface area (Å²) in [5.41, 5.74) is 0.886. The molecule has 8 nitrogen and oxygen atoms in total. The number of anilines is 1. The Morgan fingerprint density at radius 3 is 2.55 bits per heavy atom. The first-order valence-electron chi connectivity index (χ1n) is 9.52. The van der Waals surface area contributed by atoms with Crippen molar-refractivity contribution < 1.29 is 28.2 Å². The lowest BCUT2D eigenvalue weighted by atomic mass is 10.1. The summed E-state index contributed by atoms with van der Waals surface area (Å²) in [6.07, 6.45) is 1.33. The smallest absolute Gasteiger partial charge is 0.329 e. The topological polar surface area (TPSA) is 97.0 Å². The minimum Gasteiger partial charge on any atom is -0.493 e. The molecule has 31 heavy (non-hydrogen) atoms. The van der Waals surface area contributed by atoms with Gasteiger partial charge < -0.3 is 20.1 Å². The number of hydrogen-bond donors (Lipinski definition) is 2. The molecule has 4 amide bonds. The molecule has 9 heteroatoms. The first-order valence-corrected chi connectivity index (χ1v) is 9.52. The van der Waals surface area contributed by atoms with Crippen LogP contribution in [0, 0.1) is 5.82 Å². The fourth-order valence-electron chi connectivity index (χ4n) is 2.92. The van der Waals surface area contributed by atoms with Gasteiger partial charge in [-0.15, -0.1) is 0 Å². The average Bonchev–Trinajstić information content (AvgIpc) is 2.98. The minimum atomic E-state index is -0.722. The van der Waals surface area contributed by atoms with Gasteiger partial charge in [0, 0.05) is 11.3 Å². The Hall–Kier alpha value is -3.88. The van der Waals surface area contributed by atoms with Crippen LogP contribution in [0.2, 0.25) is 0 Å². The quantitative estimate of drug-likeness (QED) is 0.523. The fourth-order valence-corrected chi connectivity index (χ4v) is 2.92. The van der Waals surface area contributed by atoms with Gasteiger partial charge in [-0.25, -0.2) is 14.1 Å². The van der Waals surface area contributed by atoms with Crippen molar-refractivity contribution in [1.29, 1.82) is 0 Å². The van der Waals surface area contributed by atoms with Crippen LogP contribution in [-0.2, 0) is 9.59 Å². The monoisotopic (exact) mass is 427 g/mol. The molecule has 0 radical (unpaired) electrons. The molecule has 0 saturated carbocycles. The van der Waals surface area contributed by atoms with E-state index in [2.05, 4.69) is 10.6 Å². The Kier molecular flexibility index (Phi) is 6.54. The minimum absolute atomic E-state index is 0.00133. The third kappa shape index (κ3) is 5.19. The van der Waals surface area contributed by atoms with Crippen LogP contribution in [0.5, 0.6) is 11.5 Å². The number of rotatable bonds is 7. The highest BCUT2D eigenvalue weighted by Crippen LogP contribution is 2.33. The Balaban J connectivity index is 1.77. The molecule has 162 valence electrons. The number of nitrogens with zero attached hydrogens (tertiary/aromatic N) is 1. The van der Waals surface area contributed by atoms with Crippen molar-refractivity contribution in [3.8, 4) is 11.5 Å². The molecule has 0 unspecified atom stereocenters. The number of hydrogen-bond acceptors (Lipinski definition) is 5. The number of benzene rings is 2. The summed E-state index contributed by atoms with van der Waals surface area (Å²) in [6.45, 7) is 3.22. The molecule has 0 aromatic heterocycles. The van der Waals surface area contributed by atoms with Gasteiger partial charge in [-0.05, 0) is 50.3 Å². The van der Waals surface area contributed by atoms with Gasteiger partial charge in [0.1, 0.15) is 18.1 Å². The summed E-state index contributed by atoms with van der Waals surface area (Å²) < 4.78 is 24.1. The predicted molar refractivity (Wildman–Crippen MR) is 112 cm³/mol. The SMILES string of the molecule is COc1cccc(/C=C2\NC(=O)N(CC(=O)Nc3ccc(F)cc3)C2=O)c1OC(C)C. The van der Waals surface area contributed by atoms with Crippen molar-refractivity contribution in [2.45, 2.75) is 20.0 Å². The van der Waals surface area contributed by atoms with Crippen LogP contribution in [0.3, 0.4) is 0 Å². The molecule has 0 spiro atoms. The molecular formula is C22H22FN3O5. The molecular weight excluding hydrogens is 405 g/mol. The number of methoxy groups -OCH3 is 1. The van der Waals surface area contributed by atoms with E-state index in [1.165, 1.54) is 37.5 Å². The zero-order valence-corrected chi connectivity index (χ0v) is 17.3. The predicted octanol–water partition coefficient (Wildman–Crippen LogP) is 3.15. The lowest BCUT2D eigenvalue weighted by Crippen LogP contribution is -2.38. The third-order valence-corrected chi connectivity index (χ3v) is 4.27. The Morgan fingerprint density at radius 1 is 1.19 bits per heavy atom. The molecule has 2 aromatic carbocycles. The number of carbonyl (C=O) groups is 3. The summed E-state index contributed by atoms with van der Waals surface area (Å²) in [5, 5.41) is 4.98. The Labute approximate surface area is 178 Å². The van der Waals surface area contributed by atoms with E-state index in [0.29, 0.717) is 22.7 Å². The van der Waals surface area contributed by atoms with Crippen LogP contribution in [0.15, 0.2) is 48.2 Å². The zero-order chi connectivity index (χ0) is 22.5. The van der Waals surface area contributed by atoms with Gasteiger partial charge in [0.05, 0.1) is 13.2 Å². The maximum absolute atomic E-state index is 13.0. The number of nitrogens with one attached hydrogen (secondary N) is 2. The number of amides is 4. The number of urea groups is 1. The molecule has 1 aliphatic rings. The van der Waals surface area contributed by atoms with Crippen LogP contribution in [-0.4, -0.2) is 42.5 Å². The largest absolute Gasteiger partial charge is 0.493 e. The van der Waals surface area contributed by atoms with Crippen molar-refractivity contribution in [1.82, 2.24) is 10.2 Å². The van der Waals surface area contributed by atoms with Crippen LogP contribution in [0.1, 0.15) is 19.4 Å². The van der Waals surface area contributed by atoms with Crippen LogP contribution in [0.25, 0.3) is 6.08 Å². The molecule has 0 atom stereocenters. The van der Waals surface area contributed by atoms with E-state index >= 15 is 0 Å². The molecule has 2 N–H and O–H groups in total. The second-order valence-electron chi connectivity index (χ2n) is 6.98. The van der Waals surface area contributed by atoms with E-state index in [0.717, 1.165) is 4.90 Å². The number of halogens is 1. The van der Waals surface area contributed by atoms with Gasteiger partial charge in [0.15, 0.2) is 11.5 Å². The number of para-hydroxylation sites is 1. The molecule has 1 aliphatic heterocycles. The summed E-state index contributed by atoms with van der Waals surface area (Å²) in [5.74, 6) is -0.781. The standard InChI is InChI=1S/C22H22FN3O5/c1-13(2)31-20-14(5-4-6-18(20)30-3)11-17-21(28)26(22(29)25-17)12-19(27)24-16-9-7-15(23)8-10-16/h4-11,13H,12H2,1-3H3,(H,24,27)(H,25,29)/b17-11-. The van der Waals surface area contributed by atoms with E-state index < -0.39 is 30.2 Å². The van der Waals surface area contributed by atoms with E-state index in [1.54, 1.807) is 18.2 Å². The number of carbonyl (C=O) groups excluding carboxylic acids is 3. The van der Waals surface area contributed by atoms with Crippen LogP contribution < -0.4 is 20.1 Å². The molecule has 1 saturated heterocycles. The van der Waals surface area contributed by atoms with Crippen molar-refractivity contribution in [2.24, 2.45) is 0 Å². The molecule has 3 rings (SSSR count). The van der Waals surface area contributed by atoms with Crippen molar-refractivity contribution in [3.63, 3.8) is 0 Å². The molecule has 2 aromatic rings. The highest BCUT2D eigenvalue weighted by atomic mass is 19.1. The molecule has 1 fully saturated rings. The highest BCUT2D eigenvalue weighted by molar-refractivity contribution is 6.16. The second kappa shape index (κ2) is 9.29. The Bertz CT molecular complexity index is 1030. The maximum atomic E-state index is 13.0. The van der Waals surface area contributed by atoms with E-state index in [4.69, 9.17) is 9.47 Å². The van der Waals surface area contributed by atoms with E-state index in [1.807, 2.05) is 13.8 Å². The lowest BCUT2D eigenvalue weighted by molar-refractivity contribution is -0.127. The van der Waals surface area contributed by atoms with Gasteiger partial charge in [-0.2, -0.15) is 0 Å². The second-order valence-corrected chi connectivity index (χ2v) is 6.98. The van der Waals surface area contributed by atoms with Crippen LogP contribution in [0.4, 0.5) is 14.9 Å². The van der Waals surface area contributed by atoms with Crippen molar-refractivity contribution in [2.75, 3.05) is 19.0 Å². The lowest BCUT2D eigenvalue weighted by Gasteiger charge is -2.16. The van der Waals surface area contributed by atoms with Gasteiger partial charge in [-0.1, -0.05) is 12.1 Å². The summed E-state index contributed by atoms with van der Waals surface area (Å²) in [6, 6.07) is 9.59. The summed E-state index contributed by atoms with van der Waals surface area (Å²) in [7, 11) is 1.50. The van der Waals surface area contributed by atoms with E-state index in [9.17, 15) is 18.8 Å². The van der Waals surface area contributed by atoms with Crippen molar-refractivity contribution in [3.05, 3.63) is 59.5 Å². The van der Waals surface area contributed by atoms with Gasteiger partial charge in [0.25, 0.3) is 5.91 Å². The first kappa shape index (κ1) is 21.8. The number of ether oxygens (including phenoxy) is 2. The zero-order valence-electron chi connectivity index (χ0n) is 17.3. The molecule has 0 aliphatic carbocycles. The van der Waals surface area contributed by atoms with Crippen LogP contribution >= 0.6 is 0 Å². The normalized spacial score (nSPS) is 14.7.